The number of benzene rings is 1. The lowest BCUT2D eigenvalue weighted by Crippen LogP contribution is -2.23. The second kappa shape index (κ2) is 6.92. The zero-order valence-corrected chi connectivity index (χ0v) is 9.99. The zero-order chi connectivity index (χ0) is 11.8. The van der Waals surface area contributed by atoms with Crippen LogP contribution in [0.4, 0.5) is 0 Å². The lowest BCUT2D eigenvalue weighted by Gasteiger charge is -2.17. The van der Waals surface area contributed by atoms with Crippen LogP contribution >= 0.6 is 0 Å². The summed E-state index contributed by atoms with van der Waals surface area (Å²) in [5.41, 5.74) is 1.27. The standard InChI is InChI=1S/C14H18NO/c1-4-6-11-15(5-2)12-13-7-9-14(16-3)10-8-13/h7-10H,1,5,11-12H2,2-3H3. The zero-order valence-electron chi connectivity index (χ0n) is 9.99. The molecule has 0 saturated heterocycles. The molecule has 1 aromatic rings. The molecule has 1 aromatic carbocycles. The highest BCUT2D eigenvalue weighted by atomic mass is 16.5. The molecule has 0 aliphatic heterocycles. The minimum atomic E-state index is 0.770. The summed E-state index contributed by atoms with van der Waals surface area (Å²) in [4.78, 5) is 2.26. The highest BCUT2D eigenvalue weighted by molar-refractivity contribution is 5.27. The summed E-state index contributed by atoms with van der Waals surface area (Å²) in [6, 6.07) is 8.13. The summed E-state index contributed by atoms with van der Waals surface area (Å²) in [6.45, 7) is 8.32. The second-order valence-electron chi connectivity index (χ2n) is 3.50. The number of methoxy groups -OCH3 is 1. The van der Waals surface area contributed by atoms with Crippen molar-refractivity contribution < 1.29 is 4.74 Å². The van der Waals surface area contributed by atoms with E-state index >= 15 is 0 Å². The largest absolute Gasteiger partial charge is 0.497 e. The Morgan fingerprint density at radius 2 is 2.00 bits per heavy atom. The maximum atomic E-state index is 5.12. The molecule has 0 amide bonds. The van der Waals surface area contributed by atoms with Crippen molar-refractivity contribution in [2.75, 3.05) is 20.2 Å². The second-order valence-corrected chi connectivity index (χ2v) is 3.50. The Bertz CT molecular complexity index is 359. The van der Waals surface area contributed by atoms with Crippen molar-refractivity contribution in [2.24, 2.45) is 0 Å². The van der Waals surface area contributed by atoms with Crippen molar-refractivity contribution in [3.8, 4) is 17.6 Å². The van der Waals surface area contributed by atoms with Gasteiger partial charge in [0.2, 0.25) is 0 Å². The Hall–Kier alpha value is -1.46. The molecule has 1 radical (unpaired) electrons. The van der Waals surface area contributed by atoms with Gasteiger partial charge in [-0.05, 0) is 24.2 Å². The fourth-order valence-electron chi connectivity index (χ4n) is 1.44. The van der Waals surface area contributed by atoms with E-state index in [1.807, 2.05) is 12.1 Å². The van der Waals surface area contributed by atoms with Crippen LogP contribution in [0.1, 0.15) is 12.5 Å². The van der Waals surface area contributed by atoms with Crippen LogP contribution in [0.3, 0.4) is 0 Å². The van der Waals surface area contributed by atoms with Gasteiger partial charge < -0.3 is 4.74 Å². The molecule has 0 bridgehead atoms. The SMILES string of the molecule is [CH2]C#CCN(CC)Cc1ccc(OC)cc1. The van der Waals surface area contributed by atoms with Gasteiger partial charge in [0, 0.05) is 13.5 Å². The van der Waals surface area contributed by atoms with E-state index in [0.29, 0.717) is 0 Å². The number of ether oxygens (including phenoxy) is 1. The molecule has 0 aliphatic carbocycles. The predicted molar refractivity (Wildman–Crippen MR) is 67.1 cm³/mol. The molecule has 0 spiro atoms. The van der Waals surface area contributed by atoms with Crippen molar-refractivity contribution in [1.82, 2.24) is 4.90 Å². The molecule has 0 saturated carbocycles. The molecular formula is C14H18NO. The Balaban J connectivity index is 2.58. The van der Waals surface area contributed by atoms with Gasteiger partial charge in [-0.15, -0.1) is 5.92 Å². The van der Waals surface area contributed by atoms with Gasteiger partial charge in [0.15, 0.2) is 0 Å². The van der Waals surface area contributed by atoms with E-state index in [0.717, 1.165) is 25.4 Å². The maximum Gasteiger partial charge on any atom is 0.118 e. The van der Waals surface area contributed by atoms with Gasteiger partial charge in [0.1, 0.15) is 5.75 Å². The Labute approximate surface area is 98.2 Å². The van der Waals surface area contributed by atoms with Gasteiger partial charge in [0.25, 0.3) is 0 Å². The van der Waals surface area contributed by atoms with Gasteiger partial charge >= 0.3 is 0 Å². The van der Waals surface area contributed by atoms with Crippen LogP contribution in [0.25, 0.3) is 0 Å². The first-order chi connectivity index (χ1) is 7.80. The van der Waals surface area contributed by atoms with Crippen LogP contribution in [0, 0.1) is 18.8 Å². The molecule has 0 N–H and O–H groups in total. The number of rotatable bonds is 5. The minimum Gasteiger partial charge on any atom is -0.497 e. The van der Waals surface area contributed by atoms with Crippen molar-refractivity contribution in [3.63, 3.8) is 0 Å². The molecule has 0 heterocycles. The van der Waals surface area contributed by atoms with Gasteiger partial charge in [-0.3, -0.25) is 4.90 Å². The number of hydrogen-bond acceptors (Lipinski definition) is 2. The van der Waals surface area contributed by atoms with Gasteiger partial charge in [-0.1, -0.05) is 25.0 Å². The van der Waals surface area contributed by atoms with Crippen molar-refractivity contribution in [1.29, 1.82) is 0 Å². The molecule has 0 aliphatic rings. The number of hydrogen-bond donors (Lipinski definition) is 0. The van der Waals surface area contributed by atoms with E-state index in [1.54, 1.807) is 7.11 Å². The Kier molecular flexibility index (Phi) is 5.45. The fraction of sp³-hybridized carbons (Fsp3) is 0.357. The third-order valence-electron chi connectivity index (χ3n) is 2.44. The van der Waals surface area contributed by atoms with Gasteiger partial charge in [0.05, 0.1) is 13.7 Å². The van der Waals surface area contributed by atoms with E-state index in [4.69, 9.17) is 4.74 Å². The molecule has 2 heteroatoms. The van der Waals surface area contributed by atoms with Crippen LogP contribution in [0.5, 0.6) is 5.75 Å². The first-order valence-electron chi connectivity index (χ1n) is 5.40. The van der Waals surface area contributed by atoms with Crippen LogP contribution in [0.2, 0.25) is 0 Å². The topological polar surface area (TPSA) is 12.5 Å². The van der Waals surface area contributed by atoms with Crippen molar-refractivity contribution >= 4 is 0 Å². The molecule has 0 aromatic heterocycles. The average Bonchev–Trinajstić information content (AvgIpc) is 2.35. The average molecular weight is 216 g/mol. The Morgan fingerprint density at radius 1 is 1.31 bits per heavy atom. The molecule has 0 unspecified atom stereocenters. The lowest BCUT2D eigenvalue weighted by atomic mass is 10.2. The molecule has 1 rings (SSSR count). The van der Waals surface area contributed by atoms with Crippen LogP contribution < -0.4 is 4.74 Å². The lowest BCUT2D eigenvalue weighted by molar-refractivity contribution is 0.316. The smallest absolute Gasteiger partial charge is 0.118 e. The van der Waals surface area contributed by atoms with E-state index in [-0.39, 0.29) is 0 Å². The molecule has 0 fully saturated rings. The fourth-order valence-corrected chi connectivity index (χ4v) is 1.44. The molecular weight excluding hydrogens is 198 g/mol. The van der Waals surface area contributed by atoms with E-state index in [2.05, 4.69) is 42.7 Å². The van der Waals surface area contributed by atoms with Crippen molar-refractivity contribution in [2.45, 2.75) is 13.5 Å². The third kappa shape index (κ3) is 3.96. The quantitative estimate of drug-likeness (QED) is 0.701. The van der Waals surface area contributed by atoms with E-state index in [1.165, 1.54) is 5.56 Å². The summed E-state index contributed by atoms with van der Waals surface area (Å²) < 4.78 is 5.12. The molecule has 2 nitrogen and oxygen atoms in total. The summed E-state index contributed by atoms with van der Waals surface area (Å²) in [6.07, 6.45) is 0. The number of nitrogens with zero attached hydrogens (tertiary/aromatic N) is 1. The molecule has 85 valence electrons. The molecule has 16 heavy (non-hydrogen) atoms. The first kappa shape index (κ1) is 12.6. The third-order valence-corrected chi connectivity index (χ3v) is 2.44. The van der Waals surface area contributed by atoms with Gasteiger partial charge in [-0.25, -0.2) is 0 Å². The summed E-state index contributed by atoms with van der Waals surface area (Å²) in [7, 11) is 1.68. The van der Waals surface area contributed by atoms with Crippen LogP contribution in [-0.2, 0) is 6.54 Å². The van der Waals surface area contributed by atoms with E-state index < -0.39 is 0 Å². The van der Waals surface area contributed by atoms with Crippen molar-refractivity contribution in [3.05, 3.63) is 36.8 Å². The summed E-state index contributed by atoms with van der Waals surface area (Å²) >= 11 is 0. The first-order valence-corrected chi connectivity index (χ1v) is 5.40. The van der Waals surface area contributed by atoms with E-state index in [9.17, 15) is 0 Å². The highest BCUT2D eigenvalue weighted by Gasteiger charge is 2.01. The minimum absolute atomic E-state index is 0.770. The summed E-state index contributed by atoms with van der Waals surface area (Å²) in [5.74, 6) is 6.55. The Morgan fingerprint density at radius 3 is 2.50 bits per heavy atom. The van der Waals surface area contributed by atoms with Crippen LogP contribution in [0.15, 0.2) is 24.3 Å². The monoisotopic (exact) mass is 216 g/mol. The maximum absolute atomic E-state index is 5.12. The highest BCUT2D eigenvalue weighted by Crippen LogP contribution is 2.12. The molecule has 0 atom stereocenters. The predicted octanol–water partition coefficient (Wildman–Crippen LogP) is 2.35. The van der Waals surface area contributed by atoms with Gasteiger partial charge in [-0.2, -0.15) is 0 Å². The summed E-state index contributed by atoms with van der Waals surface area (Å²) in [5, 5.41) is 0. The normalized spacial score (nSPS) is 9.75. The van der Waals surface area contributed by atoms with Crippen LogP contribution in [-0.4, -0.2) is 25.1 Å².